The van der Waals surface area contributed by atoms with E-state index in [4.69, 9.17) is 11.6 Å². The van der Waals surface area contributed by atoms with Crippen molar-refractivity contribution < 1.29 is 35.3 Å². The molecule has 13 heteroatoms. The third-order valence-corrected chi connectivity index (χ3v) is 5.53. The summed E-state index contributed by atoms with van der Waals surface area (Å²) in [6.07, 6.45) is -9.25. The molecule has 0 aromatic carbocycles. The topological polar surface area (TPSA) is 60.9 Å². The molecule has 2 aromatic rings. The average Bonchev–Trinajstić information content (AvgIpc) is 2.57. The van der Waals surface area contributed by atoms with Crippen LogP contribution in [0.3, 0.4) is 0 Å². The maximum atomic E-state index is 13.6. The van der Waals surface area contributed by atoms with Crippen molar-refractivity contribution in [3.63, 3.8) is 0 Å². The van der Waals surface area contributed by atoms with Gasteiger partial charge in [0.1, 0.15) is 10.8 Å². The minimum Gasteiger partial charge on any atom is -0.598 e. The lowest BCUT2D eigenvalue weighted by molar-refractivity contribution is -0.144. The maximum Gasteiger partial charge on any atom is 0.436 e. The number of nitrogens with zero attached hydrogens (tertiary/aromatic N) is 2. The van der Waals surface area contributed by atoms with Crippen LogP contribution in [0, 0.1) is 5.82 Å². The van der Waals surface area contributed by atoms with Crippen molar-refractivity contribution in [1.82, 2.24) is 14.7 Å². The maximum absolute atomic E-state index is 13.6. The second-order valence-corrected chi connectivity index (χ2v) is 9.50. The van der Waals surface area contributed by atoms with Gasteiger partial charge in [-0.1, -0.05) is 11.6 Å². The zero-order chi connectivity index (χ0) is 23.1. The number of hydrogen-bond acceptors (Lipinski definition) is 4. The first kappa shape index (κ1) is 24.6. The Kier molecular flexibility index (Phi) is 6.97. The molecule has 1 unspecified atom stereocenters. The van der Waals surface area contributed by atoms with Gasteiger partial charge in [0.15, 0.2) is 17.2 Å². The highest BCUT2D eigenvalue weighted by Gasteiger charge is 2.39. The predicted octanol–water partition coefficient (Wildman–Crippen LogP) is 5.45. The van der Waals surface area contributed by atoms with Gasteiger partial charge in [-0.05, 0) is 44.5 Å². The van der Waals surface area contributed by atoms with Crippen molar-refractivity contribution in [2.75, 3.05) is 0 Å². The molecule has 2 rings (SSSR count). The van der Waals surface area contributed by atoms with E-state index in [0.717, 1.165) is 18.3 Å². The van der Waals surface area contributed by atoms with Gasteiger partial charge in [0.05, 0.1) is 10.7 Å². The molecule has 30 heavy (non-hydrogen) atoms. The van der Waals surface area contributed by atoms with Gasteiger partial charge in [-0.3, -0.25) is 0 Å². The minimum absolute atomic E-state index is 0.141. The molecular formula is C17H15ClF7N3OS. The van der Waals surface area contributed by atoms with Gasteiger partial charge in [-0.2, -0.15) is 26.3 Å². The second kappa shape index (κ2) is 8.48. The van der Waals surface area contributed by atoms with Gasteiger partial charge >= 0.3 is 12.4 Å². The molecule has 4 nitrogen and oxygen atoms in total. The fraction of sp³-hybridized carbons (Fsp3) is 0.412. The van der Waals surface area contributed by atoms with Crippen molar-refractivity contribution in [2.24, 2.45) is 0 Å². The normalized spacial score (nSPS) is 15.2. The predicted molar refractivity (Wildman–Crippen MR) is 96.3 cm³/mol. The van der Waals surface area contributed by atoms with Crippen LogP contribution in [0.1, 0.15) is 49.5 Å². The number of hydrogen-bond donors (Lipinski definition) is 1. The molecule has 0 bridgehead atoms. The highest BCUT2D eigenvalue weighted by Crippen LogP contribution is 2.36. The molecule has 0 aliphatic carbocycles. The number of halogens is 8. The van der Waals surface area contributed by atoms with Crippen LogP contribution in [-0.4, -0.2) is 19.3 Å². The molecule has 0 spiro atoms. The Bertz CT molecular complexity index is 916. The zero-order valence-corrected chi connectivity index (χ0v) is 17.2. The van der Waals surface area contributed by atoms with E-state index in [1.54, 1.807) is 20.8 Å². The van der Waals surface area contributed by atoms with E-state index >= 15 is 0 Å². The first-order valence-electron chi connectivity index (χ1n) is 8.16. The summed E-state index contributed by atoms with van der Waals surface area (Å²) in [7, 11) is 0. The first-order chi connectivity index (χ1) is 13.5. The molecule has 1 N–H and O–H groups in total. The standard InChI is InChI=1S/C17H15ClF7N3OS/c1-15(2,3)30(29)28-12(8-6-9(18)13(26-7-8)16(20,21)22)11-5-4-10(19)14(27-11)17(23,24)25/h4-7,12,28H,1-3H3/t12-,30?/m1/s1. The molecule has 0 fully saturated rings. The number of pyridine rings is 2. The molecule has 0 radical (unpaired) electrons. The van der Waals surface area contributed by atoms with Crippen molar-refractivity contribution in [3.8, 4) is 0 Å². The third kappa shape index (κ3) is 5.74. The average molecular weight is 478 g/mol. The van der Waals surface area contributed by atoms with Crippen LogP contribution in [-0.2, 0) is 23.7 Å². The highest BCUT2D eigenvalue weighted by atomic mass is 35.5. The number of aromatic nitrogens is 2. The summed E-state index contributed by atoms with van der Waals surface area (Å²) in [6, 6.07) is 0.818. The largest absolute Gasteiger partial charge is 0.598 e. The van der Waals surface area contributed by atoms with Crippen molar-refractivity contribution in [1.29, 1.82) is 0 Å². The molecule has 2 atom stereocenters. The molecule has 0 saturated carbocycles. The Morgan fingerprint density at radius 2 is 1.60 bits per heavy atom. The van der Waals surface area contributed by atoms with Crippen LogP contribution in [0.25, 0.3) is 0 Å². The lowest BCUT2D eigenvalue weighted by Gasteiger charge is -2.28. The molecule has 0 aliphatic heterocycles. The van der Waals surface area contributed by atoms with Gasteiger partial charge in [0, 0.05) is 17.6 Å². The number of alkyl halides is 6. The lowest BCUT2D eigenvalue weighted by atomic mass is 10.1. The minimum atomic E-state index is -5.12. The fourth-order valence-corrected chi connectivity index (χ4v) is 3.33. The van der Waals surface area contributed by atoms with Gasteiger partial charge in [0.25, 0.3) is 0 Å². The summed E-state index contributed by atoms with van der Waals surface area (Å²) < 4.78 is 106. The number of nitrogens with one attached hydrogen (secondary N) is 1. The molecule has 2 heterocycles. The van der Waals surface area contributed by atoms with E-state index in [2.05, 4.69) is 14.7 Å². The van der Waals surface area contributed by atoms with Gasteiger partial charge in [-0.15, -0.1) is 4.72 Å². The Morgan fingerprint density at radius 1 is 1.03 bits per heavy atom. The summed E-state index contributed by atoms with van der Waals surface area (Å²) >= 11 is 3.77. The quantitative estimate of drug-likeness (QED) is 0.470. The highest BCUT2D eigenvalue weighted by molar-refractivity contribution is 7.90. The summed E-state index contributed by atoms with van der Waals surface area (Å²) in [5, 5.41) is -0.813. The summed E-state index contributed by atoms with van der Waals surface area (Å²) in [6.45, 7) is 4.68. The van der Waals surface area contributed by atoms with Crippen molar-refractivity contribution in [3.05, 3.63) is 57.9 Å². The monoisotopic (exact) mass is 477 g/mol. The van der Waals surface area contributed by atoms with Crippen LogP contribution in [0.2, 0.25) is 5.02 Å². The smallest absolute Gasteiger partial charge is 0.436 e. The van der Waals surface area contributed by atoms with Gasteiger partial charge < -0.3 is 4.55 Å². The Labute approximate surface area is 175 Å². The third-order valence-electron chi connectivity index (χ3n) is 3.68. The van der Waals surface area contributed by atoms with Crippen LogP contribution >= 0.6 is 11.6 Å². The molecule has 0 aliphatic rings. The second-order valence-electron chi connectivity index (χ2n) is 7.09. The summed E-state index contributed by atoms with van der Waals surface area (Å²) in [5.41, 5.74) is -3.79. The van der Waals surface area contributed by atoms with Gasteiger partial charge in [-0.25, -0.2) is 14.4 Å². The molecule has 0 saturated heterocycles. The number of rotatable bonds is 4. The Balaban J connectivity index is 2.61. The van der Waals surface area contributed by atoms with Crippen LogP contribution in [0.4, 0.5) is 30.7 Å². The molecule has 2 aromatic heterocycles. The van der Waals surface area contributed by atoms with Crippen molar-refractivity contribution in [2.45, 2.75) is 43.9 Å². The fourth-order valence-electron chi connectivity index (χ4n) is 2.22. The summed E-state index contributed by atoms with van der Waals surface area (Å²) in [4.78, 5) is 6.50. The van der Waals surface area contributed by atoms with Crippen molar-refractivity contribution >= 4 is 23.0 Å². The Hall–Kier alpha value is -1.63. The zero-order valence-electron chi connectivity index (χ0n) is 15.6. The molecule has 0 amide bonds. The van der Waals surface area contributed by atoms with E-state index in [0.29, 0.717) is 6.07 Å². The SMILES string of the molecule is CC(C)(C)[S+]([O-])N[C@H](c1cnc(C(F)(F)F)c(Cl)c1)c1ccc(F)c(C(F)(F)F)n1. The Morgan fingerprint density at radius 3 is 2.07 bits per heavy atom. The van der Waals surface area contributed by atoms with E-state index in [-0.39, 0.29) is 5.56 Å². The molecular weight excluding hydrogens is 463 g/mol. The van der Waals surface area contributed by atoms with Gasteiger partial charge in [0.2, 0.25) is 0 Å². The molecule has 166 valence electrons. The van der Waals surface area contributed by atoms with E-state index in [1.807, 2.05) is 0 Å². The van der Waals surface area contributed by atoms with Crippen LogP contribution < -0.4 is 4.72 Å². The van der Waals surface area contributed by atoms with Crippen LogP contribution in [0.15, 0.2) is 24.4 Å². The van der Waals surface area contributed by atoms with E-state index < -0.39 is 62.4 Å². The van der Waals surface area contributed by atoms with E-state index in [1.165, 1.54) is 0 Å². The van der Waals surface area contributed by atoms with Crippen LogP contribution in [0.5, 0.6) is 0 Å². The lowest BCUT2D eigenvalue weighted by Crippen LogP contribution is -2.42. The first-order valence-corrected chi connectivity index (χ1v) is 9.69. The van der Waals surface area contributed by atoms with E-state index in [9.17, 15) is 35.3 Å². The summed E-state index contributed by atoms with van der Waals surface area (Å²) in [5.74, 6) is -1.63.